The van der Waals surface area contributed by atoms with Gasteiger partial charge >= 0.3 is 6.18 Å². The minimum Gasteiger partial charge on any atom is -0.346 e. The Morgan fingerprint density at radius 3 is 2.42 bits per heavy atom. The molecule has 1 amide bonds. The summed E-state index contributed by atoms with van der Waals surface area (Å²) in [5, 5.41) is 8.77. The van der Waals surface area contributed by atoms with Crippen LogP contribution in [-0.4, -0.2) is 33.9 Å². The molecule has 1 atom stereocenters. The first-order valence-electron chi connectivity index (χ1n) is 9.97. The molecule has 2 aromatic carbocycles. The molecule has 0 fully saturated rings. The number of halogens is 7. The first kappa shape index (κ1) is 27.9. The smallest absolute Gasteiger partial charge is 0.346 e. The molecule has 0 aliphatic heterocycles. The summed E-state index contributed by atoms with van der Waals surface area (Å²) < 4.78 is 87.3. The van der Waals surface area contributed by atoms with Gasteiger partial charge in [0.05, 0.1) is 33.3 Å². The van der Waals surface area contributed by atoms with Crippen molar-refractivity contribution in [2.75, 3.05) is 13.6 Å². The number of amides is 1. The highest BCUT2D eigenvalue weighted by Crippen LogP contribution is 2.35. The van der Waals surface area contributed by atoms with E-state index in [-0.39, 0.29) is 15.6 Å². The number of hydrogen-bond donors (Lipinski definition) is 1. The van der Waals surface area contributed by atoms with E-state index in [9.17, 15) is 31.0 Å². The molecule has 1 heterocycles. The van der Waals surface area contributed by atoms with Gasteiger partial charge in [-0.15, -0.1) is 5.10 Å². The normalized spacial score (nSPS) is 13.7. The van der Waals surface area contributed by atoms with Crippen LogP contribution in [0.25, 0.3) is 0 Å². The highest BCUT2D eigenvalue weighted by Gasteiger charge is 2.36. The average Bonchev–Trinajstić information content (AvgIpc) is 2.81. The predicted octanol–water partition coefficient (Wildman–Crippen LogP) is 6.26. The number of nitrogens with zero attached hydrogens (tertiary/aromatic N) is 3. The monoisotopic (exact) mass is 610 g/mol. The molecule has 0 saturated carbocycles. The summed E-state index contributed by atoms with van der Waals surface area (Å²) in [7, 11) is -2.82. The lowest BCUT2D eigenvalue weighted by atomic mass is 10.1. The molecule has 0 saturated heterocycles. The fraction of sp³-hybridized carbons (Fsp3) is 0.227. The maximum atomic E-state index is 14.8. The molecule has 1 N–H and O–H groups in total. The van der Waals surface area contributed by atoms with Crippen LogP contribution in [0.15, 0.2) is 67.3 Å². The Morgan fingerprint density at radius 1 is 1.11 bits per heavy atom. The molecule has 3 aromatic rings. The van der Waals surface area contributed by atoms with E-state index in [1.807, 2.05) is 0 Å². The van der Waals surface area contributed by atoms with Crippen LogP contribution in [0, 0.1) is 6.92 Å². The number of aryl methyl sites for hydroxylation is 1. The molecule has 0 bridgehead atoms. The second kappa shape index (κ2) is 10.4. The molecule has 36 heavy (non-hydrogen) atoms. The van der Waals surface area contributed by atoms with Crippen molar-refractivity contribution < 1.29 is 31.0 Å². The Bertz CT molecular complexity index is 1440. The SMILES string of the molecule is CN=S(=O)(c1cccc(C(F)(F)F)c1)c1nnc(C)cc1C(=O)NCC(F)(F)c1ccc(Br)cc1Cl. The van der Waals surface area contributed by atoms with E-state index in [1.54, 1.807) is 0 Å². The number of alkyl halides is 5. The number of nitrogens with one attached hydrogen (secondary N) is 1. The number of rotatable bonds is 6. The third-order valence-corrected chi connectivity index (χ3v) is 7.96. The molecule has 0 aliphatic rings. The number of carbonyl (C=O) groups is 1. The fourth-order valence-corrected chi connectivity index (χ4v) is 5.73. The van der Waals surface area contributed by atoms with Gasteiger partial charge < -0.3 is 5.32 Å². The predicted molar refractivity (Wildman–Crippen MR) is 127 cm³/mol. The Morgan fingerprint density at radius 2 is 1.81 bits per heavy atom. The van der Waals surface area contributed by atoms with Crippen LogP contribution >= 0.6 is 27.5 Å². The van der Waals surface area contributed by atoms with Crippen molar-refractivity contribution in [1.82, 2.24) is 15.5 Å². The van der Waals surface area contributed by atoms with E-state index in [2.05, 4.69) is 35.8 Å². The lowest BCUT2D eigenvalue weighted by molar-refractivity contribution is -0.137. The van der Waals surface area contributed by atoms with Gasteiger partial charge in [0.2, 0.25) is 0 Å². The highest BCUT2D eigenvalue weighted by atomic mass is 79.9. The van der Waals surface area contributed by atoms with Crippen LogP contribution in [0.3, 0.4) is 0 Å². The van der Waals surface area contributed by atoms with Gasteiger partial charge in [0.1, 0.15) is 9.73 Å². The van der Waals surface area contributed by atoms with Crippen molar-refractivity contribution in [1.29, 1.82) is 0 Å². The van der Waals surface area contributed by atoms with Gasteiger partial charge in [-0.3, -0.25) is 4.79 Å². The van der Waals surface area contributed by atoms with E-state index < -0.39 is 56.0 Å². The third-order valence-electron chi connectivity index (χ3n) is 4.92. The minimum atomic E-state index is -4.73. The quantitative estimate of drug-likeness (QED) is 0.334. The van der Waals surface area contributed by atoms with Gasteiger partial charge in [0.15, 0.2) is 5.03 Å². The van der Waals surface area contributed by atoms with Gasteiger partial charge in [-0.2, -0.15) is 27.1 Å². The van der Waals surface area contributed by atoms with Crippen LogP contribution < -0.4 is 5.32 Å². The summed E-state index contributed by atoms with van der Waals surface area (Å²) in [6.07, 6.45) is -4.73. The van der Waals surface area contributed by atoms with Crippen molar-refractivity contribution in [3.8, 4) is 0 Å². The second-order valence-electron chi connectivity index (χ2n) is 7.45. The summed E-state index contributed by atoms with van der Waals surface area (Å²) in [6.45, 7) is 0.265. The Balaban J connectivity index is 2.01. The molecule has 6 nitrogen and oxygen atoms in total. The number of aromatic nitrogens is 2. The lowest BCUT2D eigenvalue weighted by Crippen LogP contribution is -2.36. The van der Waals surface area contributed by atoms with Gasteiger partial charge in [-0.1, -0.05) is 39.7 Å². The van der Waals surface area contributed by atoms with Crippen molar-refractivity contribution in [3.05, 3.63) is 80.4 Å². The number of benzene rings is 2. The minimum absolute atomic E-state index is 0.175. The third kappa shape index (κ3) is 5.84. The van der Waals surface area contributed by atoms with Gasteiger partial charge in [0, 0.05) is 17.1 Å². The Labute approximate surface area is 216 Å². The van der Waals surface area contributed by atoms with Crippen molar-refractivity contribution in [2.24, 2.45) is 4.36 Å². The molecule has 0 spiro atoms. The zero-order valence-corrected chi connectivity index (χ0v) is 21.7. The molecular formula is C22H17BrClF5N4O2S. The molecule has 1 unspecified atom stereocenters. The second-order valence-corrected chi connectivity index (χ2v) is 11.0. The summed E-state index contributed by atoms with van der Waals surface area (Å²) in [5.41, 5.74) is -1.87. The summed E-state index contributed by atoms with van der Waals surface area (Å²) in [6, 6.07) is 8.45. The zero-order valence-electron chi connectivity index (χ0n) is 18.5. The zero-order chi connectivity index (χ0) is 26.9. The lowest BCUT2D eigenvalue weighted by Gasteiger charge is -2.20. The molecule has 3 rings (SSSR count). The molecular weight excluding hydrogens is 595 g/mol. The molecule has 0 aliphatic carbocycles. The van der Waals surface area contributed by atoms with Gasteiger partial charge in [-0.25, -0.2) is 8.57 Å². The number of carbonyl (C=O) groups excluding carboxylic acids is 1. The Hall–Kier alpha value is -2.64. The molecule has 1 aromatic heterocycles. The van der Waals surface area contributed by atoms with Crippen molar-refractivity contribution >= 4 is 43.2 Å². The highest BCUT2D eigenvalue weighted by molar-refractivity contribution is 9.10. The summed E-state index contributed by atoms with van der Waals surface area (Å²) >= 11 is 9.03. The van der Waals surface area contributed by atoms with Crippen LogP contribution in [0.1, 0.15) is 27.2 Å². The molecule has 192 valence electrons. The van der Waals surface area contributed by atoms with E-state index in [0.717, 1.165) is 37.4 Å². The van der Waals surface area contributed by atoms with Crippen LogP contribution in [0.2, 0.25) is 5.02 Å². The first-order valence-corrected chi connectivity index (χ1v) is 12.7. The first-order chi connectivity index (χ1) is 16.7. The van der Waals surface area contributed by atoms with E-state index >= 15 is 0 Å². The summed E-state index contributed by atoms with van der Waals surface area (Å²) in [5.74, 6) is -4.68. The van der Waals surface area contributed by atoms with Crippen LogP contribution in [0.5, 0.6) is 0 Å². The van der Waals surface area contributed by atoms with Gasteiger partial charge in [0.25, 0.3) is 11.8 Å². The van der Waals surface area contributed by atoms with E-state index in [4.69, 9.17) is 11.6 Å². The number of hydrogen-bond acceptors (Lipinski definition) is 5. The fourth-order valence-electron chi connectivity index (χ4n) is 3.16. The van der Waals surface area contributed by atoms with Gasteiger partial charge in [-0.05, 0) is 43.3 Å². The van der Waals surface area contributed by atoms with E-state index in [1.165, 1.54) is 19.1 Å². The van der Waals surface area contributed by atoms with E-state index in [0.29, 0.717) is 10.5 Å². The van der Waals surface area contributed by atoms with Crippen molar-refractivity contribution in [2.45, 2.75) is 28.9 Å². The maximum Gasteiger partial charge on any atom is 0.416 e. The average molecular weight is 612 g/mol. The van der Waals surface area contributed by atoms with Crippen LogP contribution in [-0.2, 0) is 21.8 Å². The maximum absolute atomic E-state index is 14.8. The van der Waals surface area contributed by atoms with Crippen LogP contribution in [0.4, 0.5) is 22.0 Å². The van der Waals surface area contributed by atoms with Crippen molar-refractivity contribution in [3.63, 3.8) is 0 Å². The standard InChI is InChI=1S/C22H17BrClF5N4O2S/c1-12-8-16(19(34)31-11-21(25,26)17-7-6-14(23)10-18(17)24)20(33-32-12)36(35,30-2)15-5-3-4-13(9-15)22(27,28)29/h3-10H,11H2,1-2H3,(H,31,34). The molecule has 0 radical (unpaired) electrons. The Kier molecular flexibility index (Phi) is 8.06. The molecule has 14 heteroatoms. The topological polar surface area (TPSA) is 84.3 Å². The summed E-state index contributed by atoms with van der Waals surface area (Å²) in [4.78, 5) is 12.6. The largest absolute Gasteiger partial charge is 0.416 e.